The number of carbonyl (C=O) groups excluding carboxylic acids is 1. The van der Waals surface area contributed by atoms with Crippen molar-refractivity contribution in [1.82, 2.24) is 9.88 Å². The van der Waals surface area contributed by atoms with Gasteiger partial charge in [0.25, 0.3) is 0 Å². The first-order valence-corrected chi connectivity index (χ1v) is 9.82. The monoisotopic (exact) mass is 392 g/mol. The summed E-state index contributed by atoms with van der Waals surface area (Å²) in [5, 5.41) is 6.16. The van der Waals surface area contributed by atoms with Crippen LogP contribution in [0, 0.1) is 6.57 Å². The van der Waals surface area contributed by atoms with Crippen molar-refractivity contribution in [2.45, 2.75) is 0 Å². The fourth-order valence-electron chi connectivity index (χ4n) is 3.14. The number of likely N-dealkylation sites (N-methyl/N-ethyl adjacent to an activating group) is 1. The molecule has 0 saturated carbocycles. The molecule has 1 fully saturated rings. The third-order valence-corrected chi connectivity index (χ3v) is 5.63. The maximum atomic E-state index is 12.4. The molecule has 28 heavy (non-hydrogen) atoms. The van der Waals surface area contributed by atoms with Crippen molar-refractivity contribution in [1.29, 1.82) is 0 Å². The molecular weight excluding hydrogens is 372 g/mol. The van der Waals surface area contributed by atoms with Gasteiger partial charge in [0.15, 0.2) is 10.8 Å². The number of piperazine rings is 1. The third-order valence-electron chi connectivity index (χ3n) is 4.69. The average Bonchev–Trinajstić information content (AvgIpc) is 3.09. The number of hydrogen-bond donors (Lipinski definition) is 2. The fourth-order valence-corrected chi connectivity index (χ4v) is 4.03. The molecule has 1 aliphatic rings. The summed E-state index contributed by atoms with van der Waals surface area (Å²) in [5.74, 6) is 0. The number of carbonyl (C=O) groups is 1. The summed E-state index contributed by atoms with van der Waals surface area (Å²) < 4.78 is 0.876. The molecule has 2 amide bonds. The molecule has 1 aromatic heterocycles. The molecule has 1 saturated heterocycles. The number of nitrogens with zero attached hydrogens (tertiary/aromatic N) is 4. The minimum atomic E-state index is -0.333. The van der Waals surface area contributed by atoms with Gasteiger partial charge in [-0.15, -0.1) is 0 Å². The number of rotatable bonds is 3. The molecule has 142 valence electrons. The van der Waals surface area contributed by atoms with Crippen LogP contribution in [0.5, 0.6) is 0 Å². The topological polar surface area (TPSA) is 64.9 Å². The Morgan fingerprint density at radius 2 is 1.96 bits per heavy atom. The normalized spacial score (nSPS) is 14.6. The van der Waals surface area contributed by atoms with E-state index >= 15 is 0 Å². The summed E-state index contributed by atoms with van der Waals surface area (Å²) in [7, 11) is 2.13. The van der Waals surface area contributed by atoms with E-state index in [1.165, 1.54) is 11.3 Å². The van der Waals surface area contributed by atoms with Gasteiger partial charge in [-0.3, -0.25) is 5.32 Å². The largest absolute Gasteiger partial charge is 0.369 e. The molecule has 3 aromatic rings. The zero-order valence-corrected chi connectivity index (χ0v) is 16.3. The van der Waals surface area contributed by atoms with E-state index in [-0.39, 0.29) is 6.03 Å². The lowest BCUT2D eigenvalue weighted by Gasteiger charge is -2.34. The standard InChI is InChI=1S/C20H20N6OS/c1-21-14-6-7-17-18(13-14)28-20(23-17)24-19(27)22-15-4-3-5-16(12-15)26-10-8-25(2)9-11-26/h3-7,12-13H,8-11H2,2H3,(H2,22,23,24,27). The van der Waals surface area contributed by atoms with Gasteiger partial charge in [-0.2, -0.15) is 0 Å². The van der Waals surface area contributed by atoms with Gasteiger partial charge in [-0.1, -0.05) is 23.5 Å². The molecule has 0 bridgehead atoms. The summed E-state index contributed by atoms with van der Waals surface area (Å²) in [6, 6.07) is 12.8. The number of benzene rings is 2. The SMILES string of the molecule is [C-]#[N+]c1ccc2nc(NC(=O)Nc3cccc(N4CCN(C)CC4)c3)sc2c1. The highest BCUT2D eigenvalue weighted by Crippen LogP contribution is 2.29. The van der Waals surface area contributed by atoms with Crippen molar-refractivity contribution in [3.8, 4) is 0 Å². The van der Waals surface area contributed by atoms with Crippen molar-refractivity contribution in [2.75, 3.05) is 48.8 Å². The van der Waals surface area contributed by atoms with E-state index in [1.807, 2.05) is 18.2 Å². The predicted octanol–water partition coefficient (Wildman–Crippen LogP) is 4.24. The molecule has 1 aliphatic heterocycles. The van der Waals surface area contributed by atoms with E-state index in [0.717, 1.165) is 47.8 Å². The summed E-state index contributed by atoms with van der Waals surface area (Å²) >= 11 is 1.35. The molecule has 7 nitrogen and oxygen atoms in total. The highest BCUT2D eigenvalue weighted by atomic mass is 32.1. The number of hydrogen-bond acceptors (Lipinski definition) is 5. The van der Waals surface area contributed by atoms with Gasteiger partial charge in [0, 0.05) is 42.3 Å². The second-order valence-electron chi connectivity index (χ2n) is 6.70. The Hall–Kier alpha value is -3.15. The number of amides is 2. The number of urea groups is 1. The van der Waals surface area contributed by atoms with E-state index in [4.69, 9.17) is 6.57 Å². The molecule has 2 N–H and O–H groups in total. The van der Waals surface area contributed by atoms with Crippen LogP contribution >= 0.6 is 11.3 Å². The van der Waals surface area contributed by atoms with Crippen LogP contribution in [0.1, 0.15) is 0 Å². The third kappa shape index (κ3) is 4.06. The molecule has 2 aromatic carbocycles. The first-order chi connectivity index (χ1) is 13.6. The maximum absolute atomic E-state index is 12.4. The summed E-state index contributed by atoms with van der Waals surface area (Å²) in [4.78, 5) is 24.8. The van der Waals surface area contributed by atoms with Crippen LogP contribution < -0.4 is 15.5 Å². The summed E-state index contributed by atoms with van der Waals surface area (Å²) in [6.45, 7) is 11.1. The second-order valence-corrected chi connectivity index (χ2v) is 7.73. The van der Waals surface area contributed by atoms with Crippen molar-refractivity contribution in [2.24, 2.45) is 0 Å². The number of fused-ring (bicyclic) bond motifs is 1. The Labute approximate surface area is 167 Å². The van der Waals surface area contributed by atoms with Crippen molar-refractivity contribution in [3.63, 3.8) is 0 Å². The van der Waals surface area contributed by atoms with E-state index in [0.29, 0.717) is 10.8 Å². The molecule has 0 aliphatic carbocycles. The second kappa shape index (κ2) is 7.84. The summed E-state index contributed by atoms with van der Waals surface area (Å²) in [6.07, 6.45) is 0. The lowest BCUT2D eigenvalue weighted by Crippen LogP contribution is -2.44. The smallest absolute Gasteiger partial charge is 0.325 e. The Morgan fingerprint density at radius 1 is 1.14 bits per heavy atom. The van der Waals surface area contributed by atoms with Crippen LogP contribution in [0.25, 0.3) is 15.1 Å². The van der Waals surface area contributed by atoms with Crippen LogP contribution in [0.3, 0.4) is 0 Å². The van der Waals surface area contributed by atoms with Crippen molar-refractivity contribution >= 4 is 49.8 Å². The Balaban J connectivity index is 1.42. The van der Waals surface area contributed by atoms with Crippen molar-refractivity contribution < 1.29 is 4.79 Å². The minimum Gasteiger partial charge on any atom is -0.369 e. The quantitative estimate of drug-likeness (QED) is 0.655. The lowest BCUT2D eigenvalue weighted by molar-refractivity contribution is 0.262. The zero-order valence-electron chi connectivity index (χ0n) is 15.5. The highest BCUT2D eigenvalue weighted by molar-refractivity contribution is 7.22. The van der Waals surface area contributed by atoms with Crippen molar-refractivity contribution in [3.05, 3.63) is 53.9 Å². The van der Waals surface area contributed by atoms with Crippen LogP contribution in [-0.4, -0.2) is 49.1 Å². The molecule has 0 spiro atoms. The van der Waals surface area contributed by atoms with Crippen LogP contribution in [0.4, 0.5) is 27.0 Å². The van der Waals surface area contributed by atoms with E-state index in [2.05, 4.69) is 43.4 Å². The molecule has 2 heterocycles. The Bertz CT molecular complexity index is 1050. The molecular formula is C20H20N6OS. The minimum absolute atomic E-state index is 0.333. The maximum Gasteiger partial charge on any atom is 0.325 e. The number of thiazole rings is 1. The molecule has 0 unspecified atom stereocenters. The first-order valence-electron chi connectivity index (χ1n) is 9.00. The number of nitrogens with one attached hydrogen (secondary N) is 2. The molecule has 8 heteroatoms. The van der Waals surface area contributed by atoms with Crippen LogP contribution in [-0.2, 0) is 0 Å². The van der Waals surface area contributed by atoms with Gasteiger partial charge in [0.05, 0.1) is 12.1 Å². The fraction of sp³-hybridized carbons (Fsp3) is 0.250. The molecule has 4 rings (SSSR count). The molecule has 0 atom stereocenters. The van der Waals surface area contributed by atoms with Gasteiger partial charge in [-0.05, 0) is 37.4 Å². The highest BCUT2D eigenvalue weighted by Gasteiger charge is 2.15. The van der Waals surface area contributed by atoms with Gasteiger partial charge in [0.2, 0.25) is 0 Å². The van der Waals surface area contributed by atoms with Crippen LogP contribution in [0.2, 0.25) is 0 Å². The Morgan fingerprint density at radius 3 is 2.75 bits per heavy atom. The van der Waals surface area contributed by atoms with Gasteiger partial charge in [0.1, 0.15) is 0 Å². The first kappa shape index (κ1) is 18.2. The molecule has 0 radical (unpaired) electrons. The van der Waals surface area contributed by atoms with E-state index < -0.39 is 0 Å². The van der Waals surface area contributed by atoms with Crippen LogP contribution in [0.15, 0.2) is 42.5 Å². The zero-order chi connectivity index (χ0) is 19.5. The lowest BCUT2D eigenvalue weighted by atomic mass is 10.2. The van der Waals surface area contributed by atoms with E-state index in [1.54, 1.807) is 18.2 Å². The number of aromatic nitrogens is 1. The van der Waals surface area contributed by atoms with Gasteiger partial charge < -0.3 is 15.1 Å². The average molecular weight is 392 g/mol. The summed E-state index contributed by atoms with van der Waals surface area (Å²) in [5.41, 5.74) is 3.18. The Kier molecular flexibility index (Phi) is 5.10. The van der Waals surface area contributed by atoms with E-state index in [9.17, 15) is 4.79 Å². The predicted molar refractivity (Wildman–Crippen MR) is 115 cm³/mol. The van der Waals surface area contributed by atoms with Gasteiger partial charge >= 0.3 is 6.03 Å². The number of anilines is 3. The van der Waals surface area contributed by atoms with Gasteiger partial charge in [-0.25, -0.2) is 14.6 Å².